The average molecular weight is 298 g/mol. The Balaban J connectivity index is 1.39. The molecule has 1 saturated heterocycles. The largest absolute Gasteiger partial charge is 0.337 e. The van der Waals surface area contributed by atoms with Crippen molar-refractivity contribution in [3.63, 3.8) is 0 Å². The van der Waals surface area contributed by atoms with Gasteiger partial charge in [0.15, 0.2) is 0 Å². The fourth-order valence-corrected chi connectivity index (χ4v) is 2.78. The zero-order valence-electron chi connectivity index (χ0n) is 12.3. The molecule has 0 atom stereocenters. The molecule has 7 heteroatoms. The van der Waals surface area contributed by atoms with Crippen LogP contribution in [0.1, 0.15) is 34.9 Å². The topological polar surface area (TPSA) is 78.0 Å². The number of H-pyrrole nitrogens is 1. The molecule has 4 rings (SSSR count). The highest BCUT2D eigenvalue weighted by Gasteiger charge is 2.29. The van der Waals surface area contributed by atoms with Crippen LogP contribution < -0.4 is 4.90 Å². The van der Waals surface area contributed by atoms with Gasteiger partial charge in [-0.05, 0) is 25.0 Å². The van der Waals surface area contributed by atoms with Crippen molar-refractivity contribution in [1.82, 2.24) is 25.1 Å². The number of carbonyl (C=O) groups excluding carboxylic acids is 1. The van der Waals surface area contributed by atoms with E-state index in [1.54, 1.807) is 18.5 Å². The van der Waals surface area contributed by atoms with Gasteiger partial charge in [0.05, 0.1) is 0 Å². The zero-order chi connectivity index (χ0) is 14.9. The van der Waals surface area contributed by atoms with Gasteiger partial charge < -0.3 is 9.80 Å². The maximum atomic E-state index is 12.5. The Kier molecular flexibility index (Phi) is 3.25. The third-order valence-electron chi connectivity index (χ3n) is 4.24. The molecule has 1 N–H and O–H groups in total. The summed E-state index contributed by atoms with van der Waals surface area (Å²) in [4.78, 5) is 25.0. The molecule has 1 aliphatic carbocycles. The number of aromatic amines is 1. The quantitative estimate of drug-likeness (QED) is 0.916. The molecule has 0 bridgehead atoms. The highest BCUT2D eigenvalue weighted by atomic mass is 16.2. The van der Waals surface area contributed by atoms with E-state index >= 15 is 0 Å². The minimum Gasteiger partial charge on any atom is -0.337 e. The van der Waals surface area contributed by atoms with E-state index in [0.717, 1.165) is 24.7 Å². The van der Waals surface area contributed by atoms with Gasteiger partial charge in [-0.25, -0.2) is 9.97 Å². The summed E-state index contributed by atoms with van der Waals surface area (Å²) in [6.45, 7) is 2.83. The first-order valence-electron chi connectivity index (χ1n) is 7.68. The first-order valence-corrected chi connectivity index (χ1v) is 7.68. The van der Waals surface area contributed by atoms with Gasteiger partial charge in [-0.1, -0.05) is 0 Å². The molecule has 2 fully saturated rings. The summed E-state index contributed by atoms with van der Waals surface area (Å²) >= 11 is 0. The van der Waals surface area contributed by atoms with Gasteiger partial charge in [0.1, 0.15) is 5.69 Å². The number of carbonyl (C=O) groups is 1. The fraction of sp³-hybridized carbons (Fsp3) is 0.467. The number of piperazine rings is 1. The normalized spacial score (nSPS) is 18.5. The van der Waals surface area contributed by atoms with Gasteiger partial charge in [0, 0.05) is 50.2 Å². The number of nitrogens with zero attached hydrogens (tertiary/aromatic N) is 5. The van der Waals surface area contributed by atoms with Crippen LogP contribution in [0.15, 0.2) is 24.5 Å². The molecule has 2 aromatic heterocycles. The van der Waals surface area contributed by atoms with Gasteiger partial charge in [-0.2, -0.15) is 5.10 Å². The monoisotopic (exact) mass is 298 g/mol. The second-order valence-electron chi connectivity index (χ2n) is 5.81. The Morgan fingerprint density at radius 2 is 1.86 bits per heavy atom. The predicted molar refractivity (Wildman–Crippen MR) is 80.7 cm³/mol. The fourth-order valence-electron chi connectivity index (χ4n) is 2.78. The molecular formula is C15H18N6O. The van der Waals surface area contributed by atoms with Gasteiger partial charge >= 0.3 is 0 Å². The van der Waals surface area contributed by atoms with Gasteiger partial charge in [0.25, 0.3) is 5.91 Å². The van der Waals surface area contributed by atoms with E-state index in [1.807, 2.05) is 11.0 Å². The van der Waals surface area contributed by atoms with E-state index in [9.17, 15) is 4.79 Å². The summed E-state index contributed by atoms with van der Waals surface area (Å²) in [5, 5.41) is 7.17. The van der Waals surface area contributed by atoms with Crippen LogP contribution >= 0.6 is 0 Å². The Morgan fingerprint density at radius 1 is 1.14 bits per heavy atom. The molecule has 0 radical (unpaired) electrons. The van der Waals surface area contributed by atoms with Gasteiger partial charge in [0.2, 0.25) is 5.95 Å². The molecule has 0 spiro atoms. The average Bonchev–Trinajstić information content (AvgIpc) is 3.32. The van der Waals surface area contributed by atoms with E-state index in [0.29, 0.717) is 24.7 Å². The van der Waals surface area contributed by atoms with Crippen molar-refractivity contribution in [3.05, 3.63) is 35.9 Å². The molecule has 7 nitrogen and oxygen atoms in total. The smallest absolute Gasteiger partial charge is 0.274 e. The summed E-state index contributed by atoms with van der Waals surface area (Å²) in [7, 11) is 0. The van der Waals surface area contributed by atoms with Crippen molar-refractivity contribution in [2.75, 3.05) is 31.1 Å². The van der Waals surface area contributed by atoms with Crippen molar-refractivity contribution in [3.8, 4) is 0 Å². The predicted octanol–water partition coefficient (Wildman–Crippen LogP) is 1.04. The third kappa shape index (κ3) is 2.54. The number of anilines is 1. The van der Waals surface area contributed by atoms with Crippen LogP contribution in [-0.4, -0.2) is 57.2 Å². The second kappa shape index (κ2) is 5.40. The Bertz CT molecular complexity index is 658. The van der Waals surface area contributed by atoms with Gasteiger partial charge in [-0.15, -0.1) is 0 Å². The minimum absolute atomic E-state index is 0.0109. The van der Waals surface area contributed by atoms with Gasteiger partial charge in [-0.3, -0.25) is 9.89 Å². The Hall–Kier alpha value is -2.44. The van der Waals surface area contributed by atoms with Crippen molar-refractivity contribution in [1.29, 1.82) is 0 Å². The molecule has 2 aromatic rings. The van der Waals surface area contributed by atoms with Crippen molar-refractivity contribution in [2.45, 2.75) is 18.8 Å². The molecule has 22 heavy (non-hydrogen) atoms. The van der Waals surface area contributed by atoms with E-state index in [-0.39, 0.29) is 5.91 Å². The highest BCUT2D eigenvalue weighted by molar-refractivity contribution is 5.92. The van der Waals surface area contributed by atoms with E-state index in [1.165, 1.54) is 12.8 Å². The molecule has 1 amide bonds. The highest BCUT2D eigenvalue weighted by Crippen LogP contribution is 2.39. The zero-order valence-corrected chi connectivity index (χ0v) is 12.3. The van der Waals surface area contributed by atoms with Crippen LogP contribution in [0.25, 0.3) is 0 Å². The summed E-state index contributed by atoms with van der Waals surface area (Å²) in [5.41, 5.74) is 1.63. The number of hydrogen-bond acceptors (Lipinski definition) is 5. The number of rotatable bonds is 3. The number of hydrogen-bond donors (Lipinski definition) is 1. The lowest BCUT2D eigenvalue weighted by molar-refractivity contribution is 0.0740. The molecular weight excluding hydrogens is 280 g/mol. The molecule has 1 saturated carbocycles. The van der Waals surface area contributed by atoms with Crippen molar-refractivity contribution in [2.24, 2.45) is 0 Å². The summed E-state index contributed by atoms with van der Waals surface area (Å²) in [6.07, 6.45) is 5.88. The maximum absolute atomic E-state index is 12.5. The van der Waals surface area contributed by atoms with E-state index < -0.39 is 0 Å². The summed E-state index contributed by atoms with van der Waals surface area (Å²) in [6, 6.07) is 3.71. The summed E-state index contributed by atoms with van der Waals surface area (Å²) < 4.78 is 0. The molecule has 0 aromatic carbocycles. The minimum atomic E-state index is 0.0109. The van der Waals surface area contributed by atoms with Crippen LogP contribution in [0.2, 0.25) is 0 Å². The van der Waals surface area contributed by atoms with Crippen LogP contribution in [0, 0.1) is 0 Å². The van der Waals surface area contributed by atoms with Crippen LogP contribution in [0.4, 0.5) is 5.95 Å². The first kappa shape index (κ1) is 13.2. The number of nitrogens with one attached hydrogen (secondary N) is 1. The lowest BCUT2D eigenvalue weighted by atomic mass is 10.2. The van der Waals surface area contributed by atoms with Crippen LogP contribution in [0.5, 0.6) is 0 Å². The molecule has 3 heterocycles. The SMILES string of the molecule is O=C(c1cc(C2CC2)[nH]n1)N1CCN(c2ncccn2)CC1. The van der Waals surface area contributed by atoms with E-state index in [4.69, 9.17) is 0 Å². The lowest BCUT2D eigenvalue weighted by Crippen LogP contribution is -2.49. The van der Waals surface area contributed by atoms with Crippen LogP contribution in [-0.2, 0) is 0 Å². The maximum Gasteiger partial charge on any atom is 0.274 e. The number of aromatic nitrogens is 4. The lowest BCUT2D eigenvalue weighted by Gasteiger charge is -2.34. The molecule has 1 aliphatic heterocycles. The van der Waals surface area contributed by atoms with Crippen molar-refractivity contribution < 1.29 is 4.79 Å². The first-order chi connectivity index (χ1) is 10.8. The Labute approximate surface area is 128 Å². The Morgan fingerprint density at radius 3 is 2.55 bits per heavy atom. The third-order valence-corrected chi connectivity index (χ3v) is 4.24. The second-order valence-corrected chi connectivity index (χ2v) is 5.81. The molecule has 2 aliphatic rings. The standard InChI is InChI=1S/C15H18N6O/c22-14(13-10-12(18-19-13)11-2-3-11)20-6-8-21(9-7-20)15-16-4-1-5-17-15/h1,4-5,10-11H,2-3,6-9H2,(H,18,19). The van der Waals surface area contributed by atoms with Crippen molar-refractivity contribution >= 4 is 11.9 Å². The summed E-state index contributed by atoms with van der Waals surface area (Å²) in [5.74, 6) is 1.32. The number of amides is 1. The molecule has 114 valence electrons. The van der Waals surface area contributed by atoms with Crippen LogP contribution in [0.3, 0.4) is 0 Å². The van der Waals surface area contributed by atoms with E-state index in [2.05, 4.69) is 25.1 Å². The molecule has 0 unspecified atom stereocenters.